The Morgan fingerprint density at radius 3 is 2.35 bits per heavy atom. The van der Waals surface area contributed by atoms with E-state index >= 15 is 0 Å². The van der Waals surface area contributed by atoms with Gasteiger partial charge in [-0.1, -0.05) is 66.2 Å². The van der Waals surface area contributed by atoms with Gasteiger partial charge in [-0.25, -0.2) is 0 Å². The molecule has 0 fully saturated rings. The van der Waals surface area contributed by atoms with Crippen molar-refractivity contribution < 1.29 is 0 Å². The quantitative estimate of drug-likeness (QED) is 0.210. The summed E-state index contributed by atoms with van der Waals surface area (Å²) < 4.78 is 2.80. The molecule has 0 radical (unpaired) electrons. The summed E-state index contributed by atoms with van der Waals surface area (Å²) in [7, 11) is 0. The summed E-state index contributed by atoms with van der Waals surface area (Å²) in [5.41, 5.74) is 3.92. The Morgan fingerprint density at radius 1 is 0.654 bits per heavy atom. The Kier molecular flexibility index (Phi) is 2.78. The highest BCUT2D eigenvalue weighted by molar-refractivity contribution is 7.27. The highest BCUT2D eigenvalue weighted by atomic mass is 32.1. The molecule has 0 atom stereocenters. The maximum atomic E-state index is 2.38. The van der Waals surface area contributed by atoms with Crippen LogP contribution in [0.15, 0.2) is 78.9 Å². The van der Waals surface area contributed by atoms with Crippen molar-refractivity contribution in [3.8, 4) is 11.1 Å². The lowest BCUT2D eigenvalue weighted by Crippen LogP contribution is -1.85. The van der Waals surface area contributed by atoms with Gasteiger partial charge in [0.15, 0.2) is 0 Å². The number of fused-ring (bicyclic) bond motifs is 2. The number of hydrogen-bond donors (Lipinski definition) is 0. The number of benzene rings is 5. The van der Waals surface area contributed by atoms with Crippen molar-refractivity contribution in [3.05, 3.63) is 84.4 Å². The van der Waals surface area contributed by atoms with Gasteiger partial charge in [0.2, 0.25) is 0 Å². The van der Waals surface area contributed by atoms with Crippen LogP contribution in [0.2, 0.25) is 0 Å². The van der Waals surface area contributed by atoms with Crippen molar-refractivity contribution in [2.24, 2.45) is 0 Å². The van der Waals surface area contributed by atoms with Crippen LogP contribution in [0.1, 0.15) is 5.56 Å². The highest BCUT2D eigenvalue weighted by Crippen LogP contribution is 2.46. The van der Waals surface area contributed by atoms with Crippen LogP contribution in [0.25, 0.3) is 52.8 Å². The zero-order valence-corrected chi connectivity index (χ0v) is 15.2. The number of thiophene rings is 1. The largest absolute Gasteiger partial charge is 0.134 e. The topological polar surface area (TPSA) is 0 Å². The molecule has 6 aromatic rings. The van der Waals surface area contributed by atoms with Gasteiger partial charge in [-0.3, -0.25) is 0 Å². The summed E-state index contributed by atoms with van der Waals surface area (Å²) in [4.78, 5) is 0. The molecule has 0 aliphatic rings. The lowest BCUT2D eigenvalue weighted by atomic mass is 9.91. The Balaban J connectivity index is 1.86. The second kappa shape index (κ2) is 5.06. The van der Waals surface area contributed by atoms with Crippen molar-refractivity contribution in [1.82, 2.24) is 0 Å². The van der Waals surface area contributed by atoms with Crippen LogP contribution in [0.3, 0.4) is 0 Å². The monoisotopic (exact) mass is 348 g/mol. The van der Waals surface area contributed by atoms with E-state index in [2.05, 4.69) is 85.8 Å². The van der Waals surface area contributed by atoms with Crippen molar-refractivity contribution >= 4 is 53.1 Å². The van der Waals surface area contributed by atoms with Crippen molar-refractivity contribution in [2.45, 2.75) is 6.92 Å². The summed E-state index contributed by atoms with van der Waals surface area (Å²) in [5.74, 6) is 0. The van der Waals surface area contributed by atoms with Gasteiger partial charge >= 0.3 is 0 Å². The number of rotatable bonds is 1. The maximum absolute atomic E-state index is 2.38. The molecule has 0 bridgehead atoms. The van der Waals surface area contributed by atoms with Crippen LogP contribution in [-0.4, -0.2) is 0 Å². The standard InChI is InChI=1S/C25H16S/c1-15-9-11-16(12-10-15)21-14-18-13-17-5-2-3-6-19(17)25-23(18)24-20(21)7-4-8-22(24)26-25/h2-14H,1H3. The Hall–Kier alpha value is -2.90. The van der Waals surface area contributed by atoms with Crippen LogP contribution in [0, 0.1) is 6.92 Å². The SMILES string of the molecule is Cc1ccc(-c2cc3cc4ccccc4c4sc5cccc2c5c34)cc1. The zero-order valence-electron chi connectivity index (χ0n) is 14.4. The average molecular weight is 348 g/mol. The molecule has 5 aromatic carbocycles. The Morgan fingerprint density at radius 2 is 1.46 bits per heavy atom. The van der Waals surface area contributed by atoms with E-state index in [0.717, 1.165) is 0 Å². The van der Waals surface area contributed by atoms with E-state index in [-0.39, 0.29) is 0 Å². The molecule has 0 nitrogen and oxygen atoms in total. The van der Waals surface area contributed by atoms with Crippen LogP contribution >= 0.6 is 11.3 Å². The van der Waals surface area contributed by atoms with Crippen LogP contribution in [-0.2, 0) is 0 Å². The molecule has 0 spiro atoms. The molecule has 26 heavy (non-hydrogen) atoms. The third kappa shape index (κ3) is 1.84. The minimum absolute atomic E-state index is 1.29. The summed E-state index contributed by atoms with van der Waals surface area (Å²) in [5, 5.41) is 8.25. The summed E-state index contributed by atoms with van der Waals surface area (Å²) in [6.07, 6.45) is 0. The number of aryl methyl sites for hydroxylation is 1. The maximum Gasteiger partial charge on any atom is 0.0440 e. The summed E-state index contributed by atoms with van der Waals surface area (Å²) in [6, 6.07) is 29.1. The predicted molar refractivity (Wildman–Crippen MR) is 116 cm³/mol. The smallest absolute Gasteiger partial charge is 0.0440 e. The van der Waals surface area contributed by atoms with E-state index in [4.69, 9.17) is 0 Å². The molecular formula is C25H16S. The molecular weight excluding hydrogens is 332 g/mol. The fraction of sp³-hybridized carbons (Fsp3) is 0.0400. The second-order valence-electron chi connectivity index (χ2n) is 7.10. The first-order chi connectivity index (χ1) is 12.8. The average Bonchev–Trinajstić information content (AvgIpc) is 3.07. The van der Waals surface area contributed by atoms with Crippen molar-refractivity contribution in [3.63, 3.8) is 0 Å². The fourth-order valence-corrected chi connectivity index (χ4v) is 5.52. The summed E-state index contributed by atoms with van der Waals surface area (Å²) in [6.45, 7) is 2.14. The van der Waals surface area contributed by atoms with Crippen LogP contribution in [0.4, 0.5) is 0 Å². The van der Waals surface area contributed by atoms with Crippen LogP contribution < -0.4 is 0 Å². The Bertz CT molecular complexity index is 1420. The van der Waals surface area contributed by atoms with E-state index in [0.29, 0.717) is 0 Å². The lowest BCUT2D eigenvalue weighted by molar-refractivity contribution is 1.47. The van der Waals surface area contributed by atoms with Gasteiger partial charge in [0.1, 0.15) is 0 Å². The third-order valence-corrected chi connectivity index (χ3v) is 6.66. The van der Waals surface area contributed by atoms with Crippen molar-refractivity contribution in [2.75, 3.05) is 0 Å². The molecule has 0 unspecified atom stereocenters. The van der Waals surface area contributed by atoms with Gasteiger partial charge in [-0.15, -0.1) is 11.3 Å². The first kappa shape index (κ1) is 14.3. The van der Waals surface area contributed by atoms with E-state index in [1.54, 1.807) is 0 Å². The molecule has 0 aliphatic carbocycles. The molecule has 0 aliphatic heterocycles. The molecule has 0 amide bonds. The molecule has 6 rings (SSSR count). The highest BCUT2D eigenvalue weighted by Gasteiger charge is 2.17. The van der Waals surface area contributed by atoms with Gasteiger partial charge in [0, 0.05) is 20.2 Å². The first-order valence-electron chi connectivity index (χ1n) is 8.96. The molecule has 1 heteroatoms. The van der Waals surface area contributed by atoms with E-state index in [1.165, 1.54) is 58.4 Å². The zero-order chi connectivity index (χ0) is 17.3. The van der Waals surface area contributed by atoms with Crippen LogP contribution in [0.5, 0.6) is 0 Å². The minimum Gasteiger partial charge on any atom is -0.134 e. The molecule has 0 saturated carbocycles. The lowest BCUT2D eigenvalue weighted by Gasteiger charge is -2.11. The van der Waals surface area contributed by atoms with Gasteiger partial charge in [0.25, 0.3) is 0 Å². The van der Waals surface area contributed by atoms with E-state index < -0.39 is 0 Å². The van der Waals surface area contributed by atoms with Gasteiger partial charge in [-0.05, 0) is 57.8 Å². The van der Waals surface area contributed by atoms with Gasteiger partial charge < -0.3 is 0 Å². The first-order valence-corrected chi connectivity index (χ1v) is 9.77. The van der Waals surface area contributed by atoms with E-state index in [1.807, 2.05) is 11.3 Å². The van der Waals surface area contributed by atoms with Crippen molar-refractivity contribution in [1.29, 1.82) is 0 Å². The number of hydrogen-bond acceptors (Lipinski definition) is 1. The normalized spacial score (nSPS) is 12.0. The second-order valence-corrected chi connectivity index (χ2v) is 8.15. The minimum atomic E-state index is 1.29. The van der Waals surface area contributed by atoms with Gasteiger partial charge in [-0.2, -0.15) is 0 Å². The molecule has 0 N–H and O–H groups in total. The Labute approximate surface area is 155 Å². The van der Waals surface area contributed by atoms with E-state index in [9.17, 15) is 0 Å². The molecule has 0 saturated heterocycles. The molecule has 122 valence electrons. The third-order valence-electron chi connectivity index (χ3n) is 5.47. The molecule has 1 aromatic heterocycles. The summed E-state index contributed by atoms with van der Waals surface area (Å²) >= 11 is 1.93. The fourth-order valence-electron chi connectivity index (χ4n) is 4.23. The predicted octanol–water partition coefficient (Wildman–Crippen LogP) is 7.77. The van der Waals surface area contributed by atoms with Gasteiger partial charge in [0.05, 0.1) is 0 Å². The molecule has 1 heterocycles.